The molecule has 0 aliphatic heterocycles. The van der Waals surface area contributed by atoms with Crippen LogP contribution in [-0.2, 0) is 0 Å². The Morgan fingerprint density at radius 1 is 1.42 bits per heavy atom. The number of ether oxygens (including phenoxy) is 1. The van der Waals surface area contributed by atoms with E-state index in [-0.39, 0.29) is 23.0 Å². The van der Waals surface area contributed by atoms with E-state index in [0.29, 0.717) is 0 Å². The van der Waals surface area contributed by atoms with E-state index in [1.807, 2.05) is 25.1 Å². The molecular weight excluding hydrogens is 243 g/mol. The van der Waals surface area contributed by atoms with Gasteiger partial charge in [-0.15, -0.1) is 0 Å². The number of hydrogen-bond acceptors (Lipinski definition) is 3. The summed E-state index contributed by atoms with van der Waals surface area (Å²) >= 11 is 0. The van der Waals surface area contributed by atoms with E-state index in [4.69, 9.17) is 4.74 Å². The van der Waals surface area contributed by atoms with E-state index in [9.17, 15) is 9.65 Å². The van der Waals surface area contributed by atoms with E-state index in [1.165, 1.54) is 13.2 Å². The maximum atomic E-state index is 13.9. The molecule has 1 unspecified atom stereocenters. The Hall–Kier alpha value is -1.60. The molecule has 0 amide bonds. The molecule has 0 saturated heterocycles. The lowest BCUT2D eigenvalue weighted by Crippen LogP contribution is -2.41. The van der Waals surface area contributed by atoms with Crippen LogP contribution in [0.15, 0.2) is 18.2 Å². The predicted octanol–water partition coefficient (Wildman–Crippen LogP) is 3.13. The van der Waals surface area contributed by atoms with Crippen LogP contribution in [0.1, 0.15) is 30.9 Å². The monoisotopic (exact) mass is 262 g/mol. The molecule has 1 aliphatic rings. The number of benzene rings is 1. The number of halogens is 1. The molecule has 1 atom stereocenters. The predicted molar refractivity (Wildman–Crippen MR) is 71.3 cm³/mol. The van der Waals surface area contributed by atoms with Gasteiger partial charge < -0.3 is 9.64 Å². The first-order chi connectivity index (χ1) is 9.04. The standard InChI is InChI=1S/C15H19FN2O/c1-18(2)14(15(10-17)7-4-8-15)11-5-6-13(19-3)12(16)9-11/h5-6,9,14H,4,7-8H2,1-3H3. The molecule has 0 N–H and O–H groups in total. The smallest absolute Gasteiger partial charge is 0.165 e. The van der Waals surface area contributed by atoms with Crippen LogP contribution in [0.2, 0.25) is 0 Å². The van der Waals surface area contributed by atoms with Crippen molar-refractivity contribution in [1.82, 2.24) is 4.90 Å². The highest BCUT2D eigenvalue weighted by Crippen LogP contribution is 2.52. The minimum atomic E-state index is -0.384. The van der Waals surface area contributed by atoms with Crippen LogP contribution < -0.4 is 4.74 Å². The number of methoxy groups -OCH3 is 1. The molecule has 1 aromatic rings. The first kappa shape index (κ1) is 13.8. The quantitative estimate of drug-likeness (QED) is 0.836. The average molecular weight is 262 g/mol. The second-order valence-electron chi connectivity index (χ2n) is 5.38. The fourth-order valence-electron chi connectivity index (χ4n) is 2.97. The van der Waals surface area contributed by atoms with Crippen LogP contribution in [0.3, 0.4) is 0 Å². The number of nitriles is 1. The molecule has 0 heterocycles. The summed E-state index contributed by atoms with van der Waals surface area (Å²) < 4.78 is 18.8. The van der Waals surface area contributed by atoms with Gasteiger partial charge in [-0.1, -0.05) is 12.5 Å². The Morgan fingerprint density at radius 3 is 2.47 bits per heavy atom. The molecule has 102 valence electrons. The average Bonchev–Trinajstić information content (AvgIpc) is 2.33. The van der Waals surface area contributed by atoms with Crippen molar-refractivity contribution < 1.29 is 9.13 Å². The molecule has 2 rings (SSSR count). The van der Waals surface area contributed by atoms with E-state index in [1.54, 1.807) is 6.07 Å². The van der Waals surface area contributed by atoms with Gasteiger partial charge in [-0.3, -0.25) is 0 Å². The van der Waals surface area contributed by atoms with Crippen molar-refractivity contribution >= 4 is 0 Å². The van der Waals surface area contributed by atoms with Crippen LogP contribution in [0, 0.1) is 22.6 Å². The van der Waals surface area contributed by atoms with Crippen molar-refractivity contribution in [2.75, 3.05) is 21.2 Å². The third-order valence-corrected chi connectivity index (χ3v) is 4.00. The van der Waals surface area contributed by atoms with Gasteiger partial charge in [0.1, 0.15) is 0 Å². The summed E-state index contributed by atoms with van der Waals surface area (Å²) in [5, 5.41) is 9.49. The number of nitrogens with zero attached hydrogens (tertiary/aromatic N) is 2. The summed E-state index contributed by atoms with van der Waals surface area (Å²) in [6.07, 6.45) is 2.82. The highest BCUT2D eigenvalue weighted by atomic mass is 19.1. The van der Waals surface area contributed by atoms with Gasteiger partial charge in [0, 0.05) is 0 Å². The first-order valence-electron chi connectivity index (χ1n) is 6.45. The van der Waals surface area contributed by atoms with E-state index in [2.05, 4.69) is 6.07 Å². The largest absolute Gasteiger partial charge is 0.494 e. The second-order valence-corrected chi connectivity index (χ2v) is 5.38. The van der Waals surface area contributed by atoms with Crippen molar-refractivity contribution in [2.45, 2.75) is 25.3 Å². The lowest BCUT2D eigenvalue weighted by atomic mass is 9.63. The molecule has 1 saturated carbocycles. The molecule has 4 heteroatoms. The SMILES string of the molecule is COc1ccc(C(N(C)C)C2(C#N)CCC2)cc1F. The second kappa shape index (κ2) is 5.18. The van der Waals surface area contributed by atoms with Gasteiger partial charge in [0.25, 0.3) is 0 Å². The Bertz CT molecular complexity index is 503. The van der Waals surface area contributed by atoms with Crippen molar-refractivity contribution in [3.05, 3.63) is 29.6 Å². The van der Waals surface area contributed by atoms with E-state index < -0.39 is 0 Å². The van der Waals surface area contributed by atoms with Crippen molar-refractivity contribution in [3.63, 3.8) is 0 Å². The summed E-state index contributed by atoms with van der Waals surface area (Å²) in [5.74, 6) is -0.139. The Balaban J connectivity index is 2.40. The molecule has 0 bridgehead atoms. The fraction of sp³-hybridized carbons (Fsp3) is 0.533. The zero-order valence-corrected chi connectivity index (χ0v) is 11.6. The summed E-state index contributed by atoms with van der Waals surface area (Å²) in [7, 11) is 5.32. The topological polar surface area (TPSA) is 36.3 Å². The molecule has 0 radical (unpaired) electrons. The molecule has 19 heavy (non-hydrogen) atoms. The van der Waals surface area contributed by atoms with Crippen LogP contribution in [-0.4, -0.2) is 26.1 Å². The van der Waals surface area contributed by atoms with Crippen LogP contribution >= 0.6 is 0 Å². The normalized spacial score (nSPS) is 18.5. The summed E-state index contributed by atoms with van der Waals surface area (Å²) in [6, 6.07) is 7.34. The Kier molecular flexibility index (Phi) is 3.77. The van der Waals surface area contributed by atoms with Crippen LogP contribution in [0.5, 0.6) is 5.75 Å². The number of hydrogen-bond donors (Lipinski definition) is 0. The molecule has 0 spiro atoms. The maximum Gasteiger partial charge on any atom is 0.165 e. The minimum absolute atomic E-state index is 0.0772. The van der Waals surface area contributed by atoms with Gasteiger partial charge in [-0.2, -0.15) is 5.26 Å². The van der Waals surface area contributed by atoms with Crippen molar-refractivity contribution in [2.24, 2.45) is 5.41 Å². The first-order valence-corrected chi connectivity index (χ1v) is 6.45. The van der Waals surface area contributed by atoms with E-state index in [0.717, 1.165) is 24.8 Å². The summed E-state index contributed by atoms with van der Waals surface area (Å²) in [4.78, 5) is 2.00. The Morgan fingerprint density at radius 2 is 2.11 bits per heavy atom. The maximum absolute atomic E-state index is 13.9. The van der Waals surface area contributed by atoms with Gasteiger partial charge in [-0.05, 0) is 44.6 Å². The summed E-state index contributed by atoms with van der Waals surface area (Å²) in [5.41, 5.74) is 0.453. The van der Waals surface area contributed by atoms with Gasteiger partial charge in [0.2, 0.25) is 0 Å². The fourth-order valence-corrected chi connectivity index (χ4v) is 2.97. The zero-order chi connectivity index (χ0) is 14.0. The highest BCUT2D eigenvalue weighted by molar-refractivity contribution is 5.34. The molecule has 0 aromatic heterocycles. The van der Waals surface area contributed by atoms with Gasteiger partial charge in [0.15, 0.2) is 11.6 Å². The lowest BCUT2D eigenvalue weighted by molar-refractivity contribution is 0.0746. The Labute approximate surface area is 113 Å². The third-order valence-electron chi connectivity index (χ3n) is 4.00. The lowest BCUT2D eigenvalue weighted by Gasteiger charge is -2.45. The van der Waals surface area contributed by atoms with Gasteiger partial charge >= 0.3 is 0 Å². The highest BCUT2D eigenvalue weighted by Gasteiger charge is 2.46. The van der Waals surface area contributed by atoms with Crippen molar-refractivity contribution in [3.8, 4) is 11.8 Å². The minimum Gasteiger partial charge on any atom is -0.494 e. The number of rotatable bonds is 4. The van der Waals surface area contributed by atoms with Gasteiger partial charge in [-0.25, -0.2) is 4.39 Å². The molecule has 1 aliphatic carbocycles. The third kappa shape index (κ3) is 2.31. The van der Waals surface area contributed by atoms with E-state index >= 15 is 0 Å². The zero-order valence-electron chi connectivity index (χ0n) is 11.6. The molecule has 1 fully saturated rings. The van der Waals surface area contributed by atoms with Crippen molar-refractivity contribution in [1.29, 1.82) is 5.26 Å². The summed E-state index contributed by atoms with van der Waals surface area (Å²) in [6.45, 7) is 0. The molecule has 1 aromatic carbocycles. The van der Waals surface area contributed by atoms with Crippen LogP contribution in [0.4, 0.5) is 4.39 Å². The van der Waals surface area contributed by atoms with Crippen LogP contribution in [0.25, 0.3) is 0 Å². The molecular formula is C15H19FN2O. The van der Waals surface area contributed by atoms with Gasteiger partial charge in [0.05, 0.1) is 24.6 Å². The molecule has 3 nitrogen and oxygen atoms in total.